The number of anilines is 1. The SMILES string of the molecule is CCN1CCC[C@H]1Cn1ncc(N2CCCN(C)CC2)cc1=O. The van der Waals surface area contributed by atoms with E-state index in [0.29, 0.717) is 6.04 Å². The van der Waals surface area contributed by atoms with E-state index in [2.05, 4.69) is 33.8 Å². The molecule has 0 amide bonds. The minimum Gasteiger partial charge on any atom is -0.369 e. The Hall–Kier alpha value is -1.40. The molecule has 128 valence electrons. The number of likely N-dealkylation sites (N-methyl/N-ethyl adjacent to an activating group) is 2. The maximum Gasteiger partial charge on any atom is 0.268 e. The summed E-state index contributed by atoms with van der Waals surface area (Å²) in [6.07, 6.45) is 5.40. The summed E-state index contributed by atoms with van der Waals surface area (Å²) in [4.78, 5) is 19.5. The fourth-order valence-electron chi connectivity index (χ4n) is 3.76. The summed E-state index contributed by atoms with van der Waals surface area (Å²) in [5, 5.41) is 4.46. The Labute approximate surface area is 138 Å². The van der Waals surface area contributed by atoms with E-state index < -0.39 is 0 Å². The van der Waals surface area contributed by atoms with Gasteiger partial charge >= 0.3 is 0 Å². The molecule has 0 aromatic carbocycles. The van der Waals surface area contributed by atoms with Gasteiger partial charge in [0.15, 0.2) is 0 Å². The highest BCUT2D eigenvalue weighted by Gasteiger charge is 2.24. The fraction of sp³-hybridized carbons (Fsp3) is 0.765. The smallest absolute Gasteiger partial charge is 0.268 e. The molecule has 0 N–H and O–H groups in total. The van der Waals surface area contributed by atoms with Crippen molar-refractivity contribution in [3.05, 3.63) is 22.6 Å². The minimum absolute atomic E-state index is 0.0306. The zero-order chi connectivity index (χ0) is 16.2. The molecule has 2 saturated heterocycles. The largest absolute Gasteiger partial charge is 0.369 e. The topological polar surface area (TPSA) is 44.6 Å². The number of hydrogen-bond acceptors (Lipinski definition) is 5. The normalized spacial score (nSPS) is 24.1. The zero-order valence-electron chi connectivity index (χ0n) is 14.4. The number of likely N-dealkylation sites (tertiary alicyclic amines) is 1. The number of nitrogens with zero attached hydrogens (tertiary/aromatic N) is 5. The Bertz CT molecular complexity index is 572. The predicted molar refractivity (Wildman–Crippen MR) is 93.1 cm³/mol. The molecule has 1 aromatic rings. The Morgan fingerprint density at radius 1 is 1.17 bits per heavy atom. The summed E-state index contributed by atoms with van der Waals surface area (Å²) in [6.45, 7) is 9.24. The molecule has 1 aromatic heterocycles. The third-order valence-electron chi connectivity index (χ3n) is 5.23. The fourth-order valence-corrected chi connectivity index (χ4v) is 3.76. The van der Waals surface area contributed by atoms with Crippen LogP contribution >= 0.6 is 0 Å². The van der Waals surface area contributed by atoms with Gasteiger partial charge in [-0.15, -0.1) is 0 Å². The molecule has 0 bridgehead atoms. The lowest BCUT2D eigenvalue weighted by molar-refractivity contribution is 0.235. The summed E-state index contributed by atoms with van der Waals surface area (Å²) >= 11 is 0. The van der Waals surface area contributed by atoms with Gasteiger partial charge in [-0.25, -0.2) is 4.68 Å². The molecule has 0 aliphatic carbocycles. The van der Waals surface area contributed by atoms with Crippen molar-refractivity contribution in [2.45, 2.75) is 38.8 Å². The van der Waals surface area contributed by atoms with Crippen LogP contribution in [0.4, 0.5) is 5.69 Å². The third-order valence-corrected chi connectivity index (χ3v) is 5.23. The zero-order valence-corrected chi connectivity index (χ0v) is 14.4. The molecule has 0 saturated carbocycles. The highest BCUT2D eigenvalue weighted by Crippen LogP contribution is 2.18. The Morgan fingerprint density at radius 2 is 2.04 bits per heavy atom. The average molecular weight is 319 g/mol. The van der Waals surface area contributed by atoms with Crippen molar-refractivity contribution in [3.8, 4) is 0 Å². The molecule has 0 unspecified atom stereocenters. The summed E-state index contributed by atoms with van der Waals surface area (Å²) in [6, 6.07) is 2.23. The lowest BCUT2D eigenvalue weighted by Crippen LogP contribution is -2.37. The van der Waals surface area contributed by atoms with Crippen molar-refractivity contribution in [2.75, 3.05) is 51.2 Å². The van der Waals surface area contributed by atoms with Gasteiger partial charge in [-0.3, -0.25) is 9.69 Å². The Kier molecular flexibility index (Phi) is 5.33. The third kappa shape index (κ3) is 3.93. The van der Waals surface area contributed by atoms with E-state index in [1.165, 1.54) is 12.8 Å². The van der Waals surface area contributed by atoms with Crippen LogP contribution in [0, 0.1) is 0 Å². The predicted octanol–water partition coefficient (Wildman–Crippen LogP) is 0.870. The van der Waals surface area contributed by atoms with Gasteiger partial charge in [-0.1, -0.05) is 6.92 Å². The Balaban J connectivity index is 1.69. The highest BCUT2D eigenvalue weighted by molar-refractivity contribution is 5.43. The van der Waals surface area contributed by atoms with Crippen LogP contribution in [0.5, 0.6) is 0 Å². The second-order valence-corrected chi connectivity index (χ2v) is 6.80. The summed E-state index contributed by atoms with van der Waals surface area (Å²) in [7, 11) is 2.15. The molecule has 2 aliphatic rings. The maximum atomic E-state index is 12.5. The molecule has 6 nitrogen and oxygen atoms in total. The average Bonchev–Trinajstić information content (AvgIpc) is 2.88. The lowest BCUT2D eigenvalue weighted by Gasteiger charge is -2.24. The summed E-state index contributed by atoms with van der Waals surface area (Å²) < 4.78 is 1.64. The van der Waals surface area contributed by atoms with E-state index in [0.717, 1.165) is 57.9 Å². The Morgan fingerprint density at radius 3 is 2.83 bits per heavy atom. The van der Waals surface area contributed by atoms with Gasteiger partial charge in [0, 0.05) is 31.7 Å². The molecule has 0 spiro atoms. The molecular weight excluding hydrogens is 290 g/mol. The molecule has 23 heavy (non-hydrogen) atoms. The van der Waals surface area contributed by atoms with Crippen molar-refractivity contribution in [3.63, 3.8) is 0 Å². The van der Waals surface area contributed by atoms with Crippen LogP contribution < -0.4 is 10.5 Å². The highest BCUT2D eigenvalue weighted by atomic mass is 16.1. The molecule has 1 atom stereocenters. The van der Waals surface area contributed by atoms with Crippen LogP contribution in [-0.4, -0.2) is 71.9 Å². The number of rotatable bonds is 4. The maximum absolute atomic E-state index is 12.5. The second-order valence-electron chi connectivity index (χ2n) is 6.80. The van der Waals surface area contributed by atoms with Gasteiger partial charge in [0.2, 0.25) is 0 Å². The first-order valence-corrected chi connectivity index (χ1v) is 8.92. The van der Waals surface area contributed by atoms with Crippen LogP contribution in [0.15, 0.2) is 17.1 Å². The van der Waals surface area contributed by atoms with E-state index in [1.54, 1.807) is 10.7 Å². The van der Waals surface area contributed by atoms with Crippen molar-refractivity contribution >= 4 is 5.69 Å². The van der Waals surface area contributed by atoms with Crippen LogP contribution in [0.3, 0.4) is 0 Å². The van der Waals surface area contributed by atoms with Crippen LogP contribution in [0.2, 0.25) is 0 Å². The van der Waals surface area contributed by atoms with E-state index >= 15 is 0 Å². The minimum atomic E-state index is 0.0306. The van der Waals surface area contributed by atoms with Crippen molar-refractivity contribution in [1.82, 2.24) is 19.6 Å². The van der Waals surface area contributed by atoms with Crippen molar-refractivity contribution in [1.29, 1.82) is 0 Å². The van der Waals surface area contributed by atoms with Crippen molar-refractivity contribution < 1.29 is 0 Å². The van der Waals surface area contributed by atoms with E-state index in [4.69, 9.17) is 0 Å². The first-order valence-electron chi connectivity index (χ1n) is 8.92. The monoisotopic (exact) mass is 319 g/mol. The van der Waals surface area contributed by atoms with Gasteiger partial charge in [0.1, 0.15) is 0 Å². The van der Waals surface area contributed by atoms with Gasteiger partial charge in [0.05, 0.1) is 18.4 Å². The second kappa shape index (κ2) is 7.45. The molecule has 3 rings (SSSR count). The molecular formula is C17H29N5O. The first kappa shape index (κ1) is 16.5. The number of aromatic nitrogens is 2. The lowest BCUT2D eigenvalue weighted by atomic mass is 10.2. The van der Waals surface area contributed by atoms with E-state index in [9.17, 15) is 4.79 Å². The van der Waals surface area contributed by atoms with Gasteiger partial charge in [0.25, 0.3) is 5.56 Å². The van der Waals surface area contributed by atoms with Gasteiger partial charge in [-0.2, -0.15) is 5.10 Å². The first-order chi connectivity index (χ1) is 11.2. The van der Waals surface area contributed by atoms with Crippen LogP contribution in [0.25, 0.3) is 0 Å². The number of hydrogen-bond donors (Lipinski definition) is 0. The molecule has 2 fully saturated rings. The van der Waals surface area contributed by atoms with Crippen LogP contribution in [0.1, 0.15) is 26.2 Å². The van der Waals surface area contributed by atoms with E-state index in [1.807, 2.05) is 6.20 Å². The molecule has 3 heterocycles. The van der Waals surface area contributed by atoms with Crippen molar-refractivity contribution in [2.24, 2.45) is 0 Å². The quantitative estimate of drug-likeness (QED) is 0.824. The van der Waals surface area contributed by atoms with Crippen LogP contribution in [-0.2, 0) is 6.54 Å². The van der Waals surface area contributed by atoms with Gasteiger partial charge in [-0.05, 0) is 45.9 Å². The summed E-state index contributed by atoms with van der Waals surface area (Å²) in [5.41, 5.74) is 1.00. The van der Waals surface area contributed by atoms with E-state index in [-0.39, 0.29) is 5.56 Å². The molecule has 2 aliphatic heterocycles. The molecule has 0 radical (unpaired) electrons. The standard InChI is InChI=1S/C17H29N5O/c1-3-20-8-4-6-15(20)14-22-17(23)12-16(13-18-22)21-9-5-7-19(2)10-11-21/h12-13,15H,3-11,14H2,1-2H3/t15-/m0/s1. The molecule has 6 heteroatoms. The van der Waals surface area contributed by atoms with Gasteiger partial charge < -0.3 is 9.80 Å². The summed E-state index contributed by atoms with van der Waals surface area (Å²) in [5.74, 6) is 0.